The molecule has 188 valence electrons. The first-order chi connectivity index (χ1) is 17.0. The number of hydrogen-bond acceptors (Lipinski definition) is 6. The van der Waals surface area contributed by atoms with Crippen molar-refractivity contribution in [3.05, 3.63) is 53.2 Å². The van der Waals surface area contributed by atoms with Gasteiger partial charge in [0, 0.05) is 43.0 Å². The maximum atomic E-state index is 13.0. The molecular formula is C26H33ClN4O4. The molecule has 4 atom stereocenters. The molecule has 8 nitrogen and oxygen atoms in total. The summed E-state index contributed by atoms with van der Waals surface area (Å²) in [5.41, 5.74) is 0.533. The van der Waals surface area contributed by atoms with Crippen molar-refractivity contribution in [2.75, 3.05) is 25.2 Å². The van der Waals surface area contributed by atoms with Crippen LogP contribution >= 0.6 is 11.6 Å². The molecule has 2 saturated heterocycles. The van der Waals surface area contributed by atoms with E-state index in [-0.39, 0.29) is 17.9 Å². The molecule has 1 aromatic carbocycles. The molecule has 35 heavy (non-hydrogen) atoms. The number of piperidine rings is 1. The highest BCUT2D eigenvalue weighted by Gasteiger charge is 2.42. The lowest BCUT2D eigenvalue weighted by Gasteiger charge is -2.40. The van der Waals surface area contributed by atoms with Crippen molar-refractivity contribution < 1.29 is 19.1 Å². The summed E-state index contributed by atoms with van der Waals surface area (Å²) in [6.07, 6.45) is 5.52. The average Bonchev–Trinajstić information content (AvgIpc) is 3.13. The van der Waals surface area contributed by atoms with E-state index in [1.54, 1.807) is 37.6 Å². The fraction of sp³-hybridized carbons (Fsp3) is 0.500. The topological polar surface area (TPSA) is 92.8 Å². The third-order valence-electron chi connectivity index (χ3n) is 6.70. The van der Waals surface area contributed by atoms with Crippen molar-refractivity contribution in [1.82, 2.24) is 15.6 Å². The Morgan fingerprint density at radius 1 is 1.14 bits per heavy atom. The second-order valence-corrected chi connectivity index (χ2v) is 9.53. The lowest BCUT2D eigenvalue weighted by atomic mass is 9.96. The van der Waals surface area contributed by atoms with E-state index >= 15 is 0 Å². The number of benzene rings is 1. The van der Waals surface area contributed by atoms with Gasteiger partial charge in [-0.1, -0.05) is 18.5 Å². The Morgan fingerprint density at radius 3 is 2.46 bits per heavy atom. The third-order valence-corrected chi connectivity index (χ3v) is 6.95. The normalized spacial score (nSPS) is 21.9. The molecule has 1 aromatic heterocycles. The van der Waals surface area contributed by atoms with E-state index in [2.05, 4.69) is 20.5 Å². The van der Waals surface area contributed by atoms with Gasteiger partial charge >= 0.3 is 0 Å². The maximum absolute atomic E-state index is 13.0. The van der Waals surface area contributed by atoms with Gasteiger partial charge in [0.05, 0.1) is 12.2 Å². The summed E-state index contributed by atoms with van der Waals surface area (Å²) in [5.74, 6) is 1.28. The van der Waals surface area contributed by atoms with Gasteiger partial charge in [0.2, 0.25) is 0 Å². The number of fused-ring (bicyclic) bond motifs is 2. The number of carbonyl (C=O) groups is 2. The van der Waals surface area contributed by atoms with Gasteiger partial charge in [-0.05, 0) is 68.5 Å². The van der Waals surface area contributed by atoms with E-state index < -0.39 is 6.10 Å². The van der Waals surface area contributed by atoms with E-state index in [9.17, 15) is 9.59 Å². The monoisotopic (exact) mass is 500 g/mol. The highest BCUT2D eigenvalue weighted by Crippen LogP contribution is 2.38. The van der Waals surface area contributed by atoms with Crippen LogP contribution in [0, 0.1) is 0 Å². The van der Waals surface area contributed by atoms with Gasteiger partial charge in [0.1, 0.15) is 11.6 Å². The quantitative estimate of drug-likeness (QED) is 0.484. The molecule has 0 aliphatic carbocycles. The second-order valence-electron chi connectivity index (χ2n) is 9.09. The minimum atomic E-state index is -0.545. The number of carbonyl (C=O) groups excluding carboxylic acids is 2. The number of halogens is 1. The Hall–Kier alpha value is -2.84. The molecule has 9 heteroatoms. The first-order valence-electron chi connectivity index (χ1n) is 12.2. The summed E-state index contributed by atoms with van der Waals surface area (Å²) in [5, 5.41) is 6.66. The Kier molecular flexibility index (Phi) is 8.46. The van der Waals surface area contributed by atoms with Crippen molar-refractivity contribution in [3.8, 4) is 5.75 Å². The van der Waals surface area contributed by atoms with E-state index in [1.807, 2.05) is 19.1 Å². The summed E-state index contributed by atoms with van der Waals surface area (Å²) in [6.45, 7) is 2.88. The predicted molar refractivity (Wildman–Crippen MR) is 135 cm³/mol. The molecule has 3 heterocycles. The van der Waals surface area contributed by atoms with Crippen LogP contribution in [0.15, 0.2) is 42.6 Å². The summed E-state index contributed by atoms with van der Waals surface area (Å²) in [7, 11) is 1.60. The zero-order valence-corrected chi connectivity index (χ0v) is 21.0. The Bertz CT molecular complexity index is 987. The van der Waals surface area contributed by atoms with Crippen LogP contribution in [-0.2, 0) is 9.53 Å². The molecular weight excluding hydrogens is 468 g/mol. The molecule has 2 N–H and O–H groups in total. The summed E-state index contributed by atoms with van der Waals surface area (Å²) < 4.78 is 10.9. The Balaban J connectivity index is 1.33. The first kappa shape index (κ1) is 25.3. The molecule has 0 spiro atoms. The van der Waals surface area contributed by atoms with Crippen molar-refractivity contribution in [3.63, 3.8) is 0 Å². The van der Waals surface area contributed by atoms with Crippen LogP contribution in [0.4, 0.5) is 5.82 Å². The summed E-state index contributed by atoms with van der Waals surface area (Å²) in [6, 6.07) is 11.5. The largest absolute Gasteiger partial charge is 0.481 e. The first-order valence-corrected chi connectivity index (χ1v) is 12.6. The van der Waals surface area contributed by atoms with E-state index in [4.69, 9.17) is 21.1 Å². The lowest BCUT2D eigenvalue weighted by Crippen LogP contribution is -2.53. The van der Waals surface area contributed by atoms with E-state index in [0.717, 1.165) is 31.5 Å². The van der Waals surface area contributed by atoms with E-state index in [0.29, 0.717) is 48.0 Å². The van der Waals surface area contributed by atoms with Crippen LogP contribution in [0.3, 0.4) is 0 Å². The third kappa shape index (κ3) is 6.24. The van der Waals surface area contributed by atoms with Crippen molar-refractivity contribution in [2.45, 2.75) is 63.3 Å². The Morgan fingerprint density at radius 2 is 1.86 bits per heavy atom. The molecule has 0 saturated carbocycles. The van der Waals surface area contributed by atoms with Gasteiger partial charge in [-0.25, -0.2) is 4.98 Å². The molecule has 2 unspecified atom stereocenters. The van der Waals surface area contributed by atoms with Gasteiger partial charge in [-0.3, -0.25) is 9.59 Å². The van der Waals surface area contributed by atoms with Crippen LogP contribution in [0.1, 0.15) is 49.4 Å². The number of anilines is 1. The van der Waals surface area contributed by atoms with Crippen LogP contribution < -0.4 is 20.3 Å². The maximum Gasteiger partial charge on any atom is 0.261 e. The molecule has 2 aliphatic rings. The van der Waals surface area contributed by atoms with Gasteiger partial charge in [-0.15, -0.1) is 0 Å². The smallest absolute Gasteiger partial charge is 0.261 e. The van der Waals surface area contributed by atoms with Gasteiger partial charge < -0.3 is 25.0 Å². The molecule has 2 aliphatic heterocycles. The minimum absolute atomic E-state index is 0.0812. The molecule has 2 aromatic rings. The fourth-order valence-corrected chi connectivity index (χ4v) is 5.13. The molecule has 2 fully saturated rings. The van der Waals surface area contributed by atoms with E-state index in [1.165, 1.54) is 0 Å². The zero-order chi connectivity index (χ0) is 24.8. The molecule has 0 radical (unpaired) electrons. The number of hydrogen-bond donors (Lipinski definition) is 2. The second kappa shape index (κ2) is 11.7. The Labute approximate surface area is 211 Å². The van der Waals surface area contributed by atoms with Gasteiger partial charge in [0.25, 0.3) is 11.8 Å². The van der Waals surface area contributed by atoms with Crippen LogP contribution in [0.2, 0.25) is 5.02 Å². The number of rotatable bonds is 10. The number of nitrogens with one attached hydrogen (secondary N) is 2. The van der Waals surface area contributed by atoms with Crippen molar-refractivity contribution in [2.24, 2.45) is 0 Å². The summed E-state index contributed by atoms with van der Waals surface area (Å²) in [4.78, 5) is 32.1. The highest BCUT2D eigenvalue weighted by atomic mass is 35.5. The van der Waals surface area contributed by atoms with Crippen molar-refractivity contribution >= 4 is 29.2 Å². The standard InChI is InChI=1S/C26H33ClN4O4/c1-3-23(35-22-9-5-18(27)6-10-22)26(33)30-19-14-20-7-8-21(15-19)31(20)24-11-4-17(16-29-24)25(32)28-12-13-34-2/h4-6,9-11,16,19-21,23H,3,7-8,12-15H2,1-2H3,(H,28,32)(H,30,33)/t19?,20-,21+,23?. The fourth-order valence-electron chi connectivity index (χ4n) is 5.00. The van der Waals surface area contributed by atoms with Crippen LogP contribution in [-0.4, -0.2) is 61.3 Å². The van der Waals surface area contributed by atoms with Crippen molar-refractivity contribution in [1.29, 1.82) is 0 Å². The van der Waals surface area contributed by atoms with Crippen LogP contribution in [0.5, 0.6) is 5.75 Å². The number of methoxy groups -OCH3 is 1. The molecule has 2 amide bonds. The number of amides is 2. The minimum Gasteiger partial charge on any atom is -0.481 e. The van der Waals surface area contributed by atoms with Crippen LogP contribution in [0.25, 0.3) is 0 Å². The number of pyridine rings is 1. The predicted octanol–water partition coefficient (Wildman–Crippen LogP) is 3.58. The number of aromatic nitrogens is 1. The average molecular weight is 501 g/mol. The highest BCUT2D eigenvalue weighted by molar-refractivity contribution is 6.30. The zero-order valence-electron chi connectivity index (χ0n) is 20.2. The molecule has 2 bridgehead atoms. The number of ether oxygens (including phenoxy) is 2. The van der Waals surface area contributed by atoms with Gasteiger partial charge in [-0.2, -0.15) is 0 Å². The lowest BCUT2D eigenvalue weighted by molar-refractivity contribution is -0.129. The SMILES string of the molecule is CCC(Oc1ccc(Cl)cc1)C(=O)NC1C[C@H]2CC[C@@H](C1)N2c1ccc(C(=O)NCCOC)cn1. The van der Waals surface area contributed by atoms with Gasteiger partial charge in [0.15, 0.2) is 6.10 Å². The number of nitrogens with zero attached hydrogens (tertiary/aromatic N) is 2. The summed E-state index contributed by atoms with van der Waals surface area (Å²) >= 11 is 5.94. The molecule has 4 rings (SSSR count).